The quantitative estimate of drug-likeness (QED) is 0.835. The molecule has 1 fully saturated rings. The topological polar surface area (TPSA) is 29.1 Å². The van der Waals surface area contributed by atoms with Gasteiger partial charge in [0.1, 0.15) is 0 Å². The molecular weight excluding hydrogens is 302 g/mol. The van der Waals surface area contributed by atoms with Crippen molar-refractivity contribution in [3.05, 3.63) is 35.4 Å². The molecule has 0 bridgehead atoms. The first-order valence-corrected chi connectivity index (χ1v) is 8.12. The molecule has 1 aromatic carbocycles. The Balaban J connectivity index is 1.87. The molecule has 2 nitrogen and oxygen atoms in total. The van der Waals surface area contributed by atoms with Crippen molar-refractivity contribution < 1.29 is 4.79 Å². The number of alkyl halides is 1. The van der Waals surface area contributed by atoms with Crippen molar-refractivity contribution in [3.8, 4) is 0 Å². The number of amides is 1. The van der Waals surface area contributed by atoms with Crippen molar-refractivity contribution >= 4 is 21.8 Å². The second-order valence-electron chi connectivity index (χ2n) is 5.34. The molecule has 3 heteroatoms. The fourth-order valence-corrected chi connectivity index (χ4v) is 3.24. The van der Waals surface area contributed by atoms with Crippen molar-refractivity contribution in [2.24, 2.45) is 5.92 Å². The average Bonchev–Trinajstić information content (AvgIpc) is 2.46. The summed E-state index contributed by atoms with van der Waals surface area (Å²) < 4.78 is 0. The molecular formula is C16H22BrNO. The molecule has 1 saturated carbocycles. The van der Waals surface area contributed by atoms with Gasteiger partial charge >= 0.3 is 0 Å². The van der Waals surface area contributed by atoms with Gasteiger partial charge in [-0.2, -0.15) is 0 Å². The van der Waals surface area contributed by atoms with E-state index in [0.29, 0.717) is 10.7 Å². The summed E-state index contributed by atoms with van der Waals surface area (Å²) in [6.07, 6.45) is 5.79. The van der Waals surface area contributed by atoms with Crippen LogP contribution in [0.15, 0.2) is 24.3 Å². The Bertz CT molecular complexity index is 425. The summed E-state index contributed by atoms with van der Waals surface area (Å²) in [5.41, 5.74) is 1.96. The van der Waals surface area contributed by atoms with Crippen LogP contribution in [0, 0.1) is 5.92 Å². The Morgan fingerprint density at radius 2 is 1.95 bits per heavy atom. The lowest BCUT2D eigenvalue weighted by Gasteiger charge is -2.25. The van der Waals surface area contributed by atoms with Crippen molar-refractivity contribution in [1.29, 1.82) is 0 Å². The van der Waals surface area contributed by atoms with E-state index in [9.17, 15) is 4.79 Å². The van der Waals surface area contributed by atoms with E-state index in [1.54, 1.807) is 0 Å². The van der Waals surface area contributed by atoms with Crippen LogP contribution in [0.1, 0.15) is 48.5 Å². The number of carbonyl (C=O) groups excluding carboxylic acids is 1. The number of rotatable bonds is 4. The first-order chi connectivity index (χ1) is 9.20. The van der Waals surface area contributed by atoms with Crippen LogP contribution in [-0.2, 0) is 6.42 Å². The van der Waals surface area contributed by atoms with Crippen LogP contribution in [0.4, 0.5) is 0 Å². The molecule has 1 aliphatic rings. The summed E-state index contributed by atoms with van der Waals surface area (Å²) in [7, 11) is 0. The monoisotopic (exact) mass is 323 g/mol. The maximum Gasteiger partial charge on any atom is 0.251 e. The number of hydrogen-bond donors (Lipinski definition) is 1. The Kier molecular flexibility index (Phi) is 5.44. The first-order valence-electron chi connectivity index (χ1n) is 7.21. The molecule has 104 valence electrons. The highest BCUT2D eigenvalue weighted by Gasteiger charge is 2.20. The van der Waals surface area contributed by atoms with Crippen LogP contribution in [-0.4, -0.2) is 17.3 Å². The third-order valence-electron chi connectivity index (χ3n) is 3.97. The number of benzene rings is 1. The predicted octanol–water partition coefficient (Wildman–Crippen LogP) is 3.93. The van der Waals surface area contributed by atoms with Gasteiger partial charge in [0.15, 0.2) is 0 Å². The molecule has 0 aromatic heterocycles. The predicted molar refractivity (Wildman–Crippen MR) is 82.8 cm³/mol. The van der Waals surface area contributed by atoms with Crippen molar-refractivity contribution in [2.75, 3.05) is 6.54 Å². The van der Waals surface area contributed by atoms with Gasteiger partial charge in [-0.05, 0) is 49.7 Å². The van der Waals surface area contributed by atoms with Crippen molar-refractivity contribution in [1.82, 2.24) is 5.32 Å². The average molecular weight is 324 g/mol. The molecule has 19 heavy (non-hydrogen) atoms. The van der Waals surface area contributed by atoms with Crippen LogP contribution >= 0.6 is 15.9 Å². The summed E-state index contributed by atoms with van der Waals surface area (Å²) in [5, 5.41) is 3.10. The van der Waals surface area contributed by atoms with Crippen LogP contribution in [0.25, 0.3) is 0 Å². The summed E-state index contributed by atoms with van der Waals surface area (Å²) in [5.74, 6) is 0.727. The highest BCUT2D eigenvalue weighted by Crippen LogP contribution is 2.28. The molecule has 0 radical (unpaired) electrons. The highest BCUT2D eigenvalue weighted by molar-refractivity contribution is 9.09. The number of nitrogens with one attached hydrogen (secondary N) is 1. The Labute approximate surface area is 124 Å². The molecule has 1 aromatic rings. The molecule has 0 heterocycles. The minimum atomic E-state index is 0.0819. The van der Waals surface area contributed by atoms with Crippen molar-refractivity contribution in [2.45, 2.75) is 43.9 Å². The smallest absolute Gasteiger partial charge is 0.251 e. The van der Waals surface area contributed by atoms with E-state index in [1.807, 2.05) is 24.3 Å². The van der Waals surface area contributed by atoms with Gasteiger partial charge in [0.25, 0.3) is 5.91 Å². The lowest BCUT2D eigenvalue weighted by atomic mass is 9.89. The zero-order valence-corrected chi connectivity index (χ0v) is 13.1. The summed E-state index contributed by atoms with van der Waals surface area (Å²) >= 11 is 3.66. The molecule has 1 aliphatic carbocycles. The largest absolute Gasteiger partial charge is 0.352 e. The molecule has 0 spiro atoms. The van der Waals surface area contributed by atoms with Crippen molar-refractivity contribution in [3.63, 3.8) is 0 Å². The number of carbonyl (C=O) groups is 1. The maximum atomic E-state index is 12.2. The second kappa shape index (κ2) is 7.09. The summed E-state index contributed by atoms with van der Waals surface area (Å²) in [6.45, 7) is 2.90. The molecule has 0 aliphatic heterocycles. The minimum absolute atomic E-state index is 0.0819. The summed E-state index contributed by atoms with van der Waals surface area (Å²) in [6, 6.07) is 7.88. The SMILES string of the molecule is CCc1ccccc1C(=O)NCC1CCC(Br)CC1. The van der Waals surface area contributed by atoms with Gasteiger partial charge in [-0.1, -0.05) is 41.1 Å². The first kappa shape index (κ1) is 14.6. The van der Waals surface area contributed by atoms with Gasteiger partial charge in [0.2, 0.25) is 0 Å². The van der Waals surface area contributed by atoms with Crippen LogP contribution in [0.2, 0.25) is 0 Å². The summed E-state index contributed by atoms with van der Waals surface area (Å²) in [4.78, 5) is 12.9. The lowest BCUT2D eigenvalue weighted by molar-refractivity contribution is 0.0943. The number of hydrogen-bond acceptors (Lipinski definition) is 1. The van der Waals surface area contributed by atoms with Crippen LogP contribution < -0.4 is 5.32 Å². The van der Waals surface area contributed by atoms with E-state index >= 15 is 0 Å². The van der Waals surface area contributed by atoms with Gasteiger partial charge in [-0.3, -0.25) is 4.79 Å². The number of halogens is 1. The van der Waals surface area contributed by atoms with Gasteiger partial charge in [-0.25, -0.2) is 0 Å². The van der Waals surface area contributed by atoms with E-state index in [-0.39, 0.29) is 5.91 Å². The number of aryl methyl sites for hydroxylation is 1. The minimum Gasteiger partial charge on any atom is -0.352 e. The molecule has 1 amide bonds. The van der Waals surface area contributed by atoms with Crippen LogP contribution in [0.5, 0.6) is 0 Å². The second-order valence-corrected chi connectivity index (χ2v) is 6.63. The van der Waals surface area contributed by atoms with E-state index in [2.05, 4.69) is 28.2 Å². The fourth-order valence-electron chi connectivity index (χ4n) is 2.71. The Morgan fingerprint density at radius 3 is 2.63 bits per heavy atom. The molecule has 2 rings (SSSR count). The van der Waals surface area contributed by atoms with Crippen LogP contribution in [0.3, 0.4) is 0 Å². The van der Waals surface area contributed by atoms with Gasteiger partial charge in [0.05, 0.1) is 0 Å². The maximum absolute atomic E-state index is 12.2. The molecule has 0 unspecified atom stereocenters. The van der Waals surface area contributed by atoms with Gasteiger partial charge in [-0.15, -0.1) is 0 Å². The standard InChI is InChI=1S/C16H22BrNO/c1-2-13-5-3-4-6-15(13)16(19)18-11-12-7-9-14(17)10-8-12/h3-6,12,14H,2,7-11H2,1H3,(H,18,19). The normalized spacial score (nSPS) is 23.1. The lowest BCUT2D eigenvalue weighted by Crippen LogP contribution is -2.31. The van der Waals surface area contributed by atoms with E-state index < -0.39 is 0 Å². The molecule has 0 atom stereocenters. The van der Waals surface area contributed by atoms with E-state index in [1.165, 1.54) is 25.7 Å². The zero-order valence-electron chi connectivity index (χ0n) is 11.5. The molecule has 1 N–H and O–H groups in total. The van der Waals surface area contributed by atoms with Gasteiger partial charge < -0.3 is 5.32 Å². The van der Waals surface area contributed by atoms with E-state index in [0.717, 1.165) is 24.1 Å². The Hall–Kier alpha value is -0.830. The van der Waals surface area contributed by atoms with E-state index in [4.69, 9.17) is 0 Å². The van der Waals surface area contributed by atoms with Gasteiger partial charge in [0, 0.05) is 16.9 Å². The Morgan fingerprint density at radius 1 is 1.26 bits per heavy atom. The highest BCUT2D eigenvalue weighted by atomic mass is 79.9. The molecule has 0 saturated heterocycles. The third-order valence-corrected chi connectivity index (χ3v) is 4.89. The fraction of sp³-hybridized carbons (Fsp3) is 0.562. The zero-order chi connectivity index (χ0) is 13.7. The third kappa shape index (κ3) is 4.07.